The van der Waals surface area contributed by atoms with Crippen molar-refractivity contribution in [2.75, 3.05) is 26.1 Å². The van der Waals surface area contributed by atoms with Gasteiger partial charge >= 0.3 is 0 Å². The Labute approximate surface area is 183 Å². The first kappa shape index (κ1) is 21.5. The molecule has 0 unspecified atom stereocenters. The van der Waals surface area contributed by atoms with Gasteiger partial charge in [0.1, 0.15) is 11.5 Å². The van der Waals surface area contributed by atoms with Crippen LogP contribution >= 0.6 is 23.8 Å². The Hall–Kier alpha value is -3.17. The highest BCUT2D eigenvalue weighted by Gasteiger charge is 2.35. The van der Waals surface area contributed by atoms with E-state index in [-0.39, 0.29) is 18.1 Å². The second kappa shape index (κ2) is 9.10. The molecular formula is C20H18ClN3O5S. The predicted molar refractivity (Wildman–Crippen MR) is 115 cm³/mol. The van der Waals surface area contributed by atoms with Crippen molar-refractivity contribution in [2.24, 2.45) is 0 Å². The number of fused-ring (bicyclic) bond motifs is 1. The molecule has 0 spiro atoms. The SMILES string of the molecule is COc1cc(NC(=S)NC(=O)CCN2C(=O)c3ccccc3C2=O)c(OC)cc1Cl. The molecule has 3 rings (SSSR count). The maximum absolute atomic E-state index is 12.3. The average Bonchev–Trinajstić information content (AvgIpc) is 2.97. The van der Waals surface area contributed by atoms with Crippen LogP contribution in [-0.4, -0.2) is 48.5 Å². The molecule has 1 heterocycles. The molecule has 0 atom stereocenters. The normalized spacial score (nSPS) is 12.4. The van der Waals surface area contributed by atoms with E-state index in [0.29, 0.717) is 33.3 Å². The van der Waals surface area contributed by atoms with Gasteiger partial charge in [0.25, 0.3) is 11.8 Å². The highest BCUT2D eigenvalue weighted by molar-refractivity contribution is 7.80. The molecule has 156 valence electrons. The van der Waals surface area contributed by atoms with Crippen LogP contribution in [0.15, 0.2) is 36.4 Å². The minimum absolute atomic E-state index is 0.0186. The Morgan fingerprint density at radius 1 is 1.07 bits per heavy atom. The molecule has 8 nitrogen and oxygen atoms in total. The molecule has 10 heteroatoms. The fourth-order valence-electron chi connectivity index (χ4n) is 2.96. The molecule has 2 aromatic rings. The number of halogens is 1. The number of carbonyl (C=O) groups excluding carboxylic acids is 3. The van der Waals surface area contributed by atoms with Crippen molar-refractivity contribution >= 4 is 52.3 Å². The van der Waals surface area contributed by atoms with Gasteiger partial charge in [0.05, 0.1) is 36.1 Å². The summed E-state index contributed by atoms with van der Waals surface area (Å²) in [5.74, 6) is -0.476. The number of ether oxygens (including phenoxy) is 2. The molecule has 0 saturated heterocycles. The number of carbonyl (C=O) groups is 3. The summed E-state index contributed by atoms with van der Waals surface area (Å²) in [7, 11) is 2.93. The second-order valence-electron chi connectivity index (χ2n) is 6.25. The summed E-state index contributed by atoms with van der Waals surface area (Å²) >= 11 is 11.2. The molecule has 1 aliphatic rings. The van der Waals surface area contributed by atoms with E-state index in [1.54, 1.807) is 36.4 Å². The van der Waals surface area contributed by atoms with E-state index >= 15 is 0 Å². The maximum atomic E-state index is 12.3. The van der Waals surface area contributed by atoms with Crippen molar-refractivity contribution in [2.45, 2.75) is 6.42 Å². The highest BCUT2D eigenvalue weighted by Crippen LogP contribution is 2.35. The van der Waals surface area contributed by atoms with E-state index in [1.807, 2.05) is 0 Å². The maximum Gasteiger partial charge on any atom is 0.261 e. The number of nitrogens with zero attached hydrogens (tertiary/aromatic N) is 1. The Morgan fingerprint density at radius 2 is 1.67 bits per heavy atom. The quantitative estimate of drug-likeness (QED) is 0.519. The number of hydrogen-bond acceptors (Lipinski definition) is 6. The van der Waals surface area contributed by atoms with Gasteiger partial charge in [-0.05, 0) is 24.4 Å². The van der Waals surface area contributed by atoms with Crippen molar-refractivity contribution in [3.8, 4) is 11.5 Å². The minimum Gasteiger partial charge on any atom is -0.495 e. The van der Waals surface area contributed by atoms with E-state index in [0.717, 1.165) is 4.90 Å². The van der Waals surface area contributed by atoms with Crippen LogP contribution in [0.5, 0.6) is 11.5 Å². The molecule has 0 saturated carbocycles. The van der Waals surface area contributed by atoms with E-state index in [4.69, 9.17) is 33.3 Å². The first-order chi connectivity index (χ1) is 14.3. The molecule has 1 aliphatic heterocycles. The van der Waals surface area contributed by atoms with Crippen LogP contribution in [0.1, 0.15) is 27.1 Å². The van der Waals surface area contributed by atoms with Gasteiger partial charge in [-0.15, -0.1) is 0 Å². The minimum atomic E-state index is -0.455. The number of hydrogen-bond donors (Lipinski definition) is 2. The van der Waals surface area contributed by atoms with E-state index in [9.17, 15) is 14.4 Å². The Balaban J connectivity index is 1.58. The van der Waals surface area contributed by atoms with Gasteiger partial charge in [0, 0.05) is 25.1 Å². The largest absolute Gasteiger partial charge is 0.495 e. The van der Waals surface area contributed by atoms with Crippen LogP contribution in [0.4, 0.5) is 5.69 Å². The van der Waals surface area contributed by atoms with E-state index in [2.05, 4.69) is 10.6 Å². The molecule has 0 fully saturated rings. The first-order valence-electron chi connectivity index (χ1n) is 8.83. The smallest absolute Gasteiger partial charge is 0.261 e. The summed E-state index contributed by atoms with van der Waals surface area (Å²) in [6.07, 6.45) is -0.103. The van der Waals surface area contributed by atoms with Gasteiger partial charge < -0.3 is 20.1 Å². The number of thiocarbonyl (C=S) groups is 1. The lowest BCUT2D eigenvalue weighted by Crippen LogP contribution is -2.38. The number of amides is 3. The number of imide groups is 1. The zero-order valence-electron chi connectivity index (χ0n) is 16.2. The van der Waals surface area contributed by atoms with Crippen molar-refractivity contribution in [1.82, 2.24) is 10.2 Å². The fraction of sp³-hybridized carbons (Fsp3) is 0.200. The molecule has 2 aromatic carbocycles. The summed E-state index contributed by atoms with van der Waals surface area (Å²) in [6.45, 7) is -0.0567. The molecule has 3 amide bonds. The highest BCUT2D eigenvalue weighted by atomic mass is 35.5. The number of anilines is 1. The Morgan fingerprint density at radius 3 is 2.23 bits per heavy atom. The van der Waals surface area contributed by atoms with Gasteiger partial charge in [0.15, 0.2) is 5.11 Å². The first-order valence-corrected chi connectivity index (χ1v) is 9.62. The zero-order valence-corrected chi connectivity index (χ0v) is 17.7. The summed E-state index contributed by atoms with van der Waals surface area (Å²) in [5, 5.41) is 5.73. The number of rotatable bonds is 6. The Kier molecular flexibility index (Phi) is 6.53. The third-order valence-electron chi connectivity index (χ3n) is 4.42. The zero-order chi connectivity index (χ0) is 21.8. The topological polar surface area (TPSA) is 97.0 Å². The monoisotopic (exact) mass is 447 g/mol. The lowest BCUT2D eigenvalue weighted by atomic mass is 10.1. The lowest BCUT2D eigenvalue weighted by Gasteiger charge is -2.16. The fourth-order valence-corrected chi connectivity index (χ4v) is 3.41. The van der Waals surface area contributed by atoms with Crippen LogP contribution in [0.3, 0.4) is 0 Å². The molecule has 2 N–H and O–H groups in total. The van der Waals surface area contributed by atoms with Gasteiger partial charge in [-0.3, -0.25) is 19.3 Å². The third kappa shape index (κ3) is 4.37. The van der Waals surface area contributed by atoms with Gasteiger partial charge in [-0.25, -0.2) is 0 Å². The van der Waals surface area contributed by atoms with E-state index in [1.165, 1.54) is 14.2 Å². The van der Waals surface area contributed by atoms with Crippen molar-refractivity contribution in [1.29, 1.82) is 0 Å². The van der Waals surface area contributed by atoms with Gasteiger partial charge in [-0.2, -0.15) is 0 Å². The van der Waals surface area contributed by atoms with Gasteiger partial charge in [0.2, 0.25) is 5.91 Å². The summed E-state index contributed by atoms with van der Waals surface area (Å²) in [6, 6.07) is 9.67. The van der Waals surface area contributed by atoms with Crippen LogP contribution in [0.25, 0.3) is 0 Å². The number of methoxy groups -OCH3 is 2. The third-order valence-corrected chi connectivity index (χ3v) is 4.92. The second-order valence-corrected chi connectivity index (χ2v) is 7.06. The molecule has 0 aromatic heterocycles. The van der Waals surface area contributed by atoms with Gasteiger partial charge in [-0.1, -0.05) is 23.7 Å². The Bertz CT molecular complexity index is 1010. The van der Waals surface area contributed by atoms with Crippen LogP contribution in [0, 0.1) is 0 Å². The molecule has 30 heavy (non-hydrogen) atoms. The lowest BCUT2D eigenvalue weighted by molar-refractivity contribution is -0.119. The van der Waals surface area contributed by atoms with Crippen LogP contribution in [-0.2, 0) is 4.79 Å². The predicted octanol–water partition coefficient (Wildman–Crippen LogP) is 2.86. The van der Waals surface area contributed by atoms with E-state index < -0.39 is 17.7 Å². The van der Waals surface area contributed by atoms with Crippen molar-refractivity contribution in [3.05, 3.63) is 52.5 Å². The number of nitrogens with one attached hydrogen (secondary N) is 2. The molecular weight excluding hydrogens is 430 g/mol. The summed E-state index contributed by atoms with van der Waals surface area (Å²) in [5.41, 5.74) is 1.12. The van der Waals surface area contributed by atoms with Crippen LogP contribution < -0.4 is 20.1 Å². The van der Waals surface area contributed by atoms with Crippen LogP contribution in [0.2, 0.25) is 5.02 Å². The molecule has 0 bridgehead atoms. The summed E-state index contributed by atoms with van der Waals surface area (Å²) < 4.78 is 10.4. The summed E-state index contributed by atoms with van der Waals surface area (Å²) in [4.78, 5) is 38.0. The van der Waals surface area contributed by atoms with Crippen molar-refractivity contribution < 1.29 is 23.9 Å². The molecule has 0 aliphatic carbocycles. The number of benzene rings is 2. The molecule has 0 radical (unpaired) electrons. The van der Waals surface area contributed by atoms with Crippen molar-refractivity contribution in [3.63, 3.8) is 0 Å². The standard InChI is InChI=1S/C20H18ClN3O5S/c1-28-15-10-14(16(29-2)9-13(15)21)22-20(30)23-17(25)7-8-24-18(26)11-5-3-4-6-12(11)19(24)27/h3-6,9-10H,7-8H2,1-2H3,(H2,22,23,25,30). The average molecular weight is 448 g/mol.